The summed E-state index contributed by atoms with van der Waals surface area (Å²) in [4.78, 5) is 56.2. The second-order valence-electron chi connectivity index (χ2n) is 10.6. The van der Waals surface area contributed by atoms with Crippen LogP contribution in [0.3, 0.4) is 0 Å². The van der Waals surface area contributed by atoms with Gasteiger partial charge in [-0.15, -0.1) is 0 Å². The van der Waals surface area contributed by atoms with Crippen molar-refractivity contribution in [3.63, 3.8) is 0 Å². The van der Waals surface area contributed by atoms with Gasteiger partial charge in [0.1, 0.15) is 6.04 Å². The molecule has 0 saturated carbocycles. The molecule has 39 heavy (non-hydrogen) atoms. The van der Waals surface area contributed by atoms with Crippen molar-refractivity contribution in [3.8, 4) is 0 Å². The molecule has 1 heterocycles. The molecule has 2 aliphatic rings. The number of amides is 4. The van der Waals surface area contributed by atoms with Gasteiger partial charge < -0.3 is 10.2 Å². The van der Waals surface area contributed by atoms with Crippen LogP contribution in [0.25, 0.3) is 0 Å². The van der Waals surface area contributed by atoms with E-state index in [0.717, 1.165) is 29.5 Å². The Balaban J connectivity index is 1.56. The van der Waals surface area contributed by atoms with Crippen LogP contribution in [0.1, 0.15) is 55.7 Å². The number of benzene rings is 2. The Labute approximate surface area is 231 Å². The van der Waals surface area contributed by atoms with Gasteiger partial charge >= 0.3 is 0 Å². The van der Waals surface area contributed by atoms with E-state index in [0.29, 0.717) is 25.8 Å². The predicted octanol–water partition coefficient (Wildman–Crippen LogP) is 4.19. The Morgan fingerprint density at radius 1 is 0.949 bits per heavy atom. The Hall–Kier alpha value is -3.74. The third-order valence-corrected chi connectivity index (χ3v) is 7.72. The molecule has 0 radical (unpaired) electrons. The first kappa shape index (κ1) is 28.3. The molecule has 1 saturated heterocycles. The zero-order valence-corrected chi connectivity index (χ0v) is 23.0. The number of fused-ring (bicyclic) bond motifs is 1. The van der Waals surface area contributed by atoms with E-state index >= 15 is 0 Å². The third kappa shape index (κ3) is 7.02. The second-order valence-corrected chi connectivity index (χ2v) is 10.6. The third-order valence-electron chi connectivity index (χ3n) is 7.72. The van der Waals surface area contributed by atoms with Gasteiger partial charge in [0.15, 0.2) is 0 Å². The normalized spacial score (nSPS) is 19.1. The zero-order chi connectivity index (χ0) is 27.8. The van der Waals surface area contributed by atoms with E-state index in [1.807, 2.05) is 73.7 Å². The molecule has 4 rings (SSSR count). The molecule has 2 aromatic rings. The molecule has 1 N–H and O–H groups in total. The summed E-state index contributed by atoms with van der Waals surface area (Å²) in [6.45, 7) is 4.90. The number of aryl methyl sites for hydroxylation is 1. The lowest BCUT2D eigenvalue weighted by Crippen LogP contribution is -2.51. The van der Waals surface area contributed by atoms with Gasteiger partial charge in [0.05, 0.1) is 11.8 Å². The van der Waals surface area contributed by atoms with E-state index in [9.17, 15) is 19.2 Å². The van der Waals surface area contributed by atoms with Gasteiger partial charge in [-0.2, -0.15) is 0 Å². The summed E-state index contributed by atoms with van der Waals surface area (Å²) in [6, 6.07) is 16.9. The van der Waals surface area contributed by atoms with Crippen molar-refractivity contribution in [2.75, 3.05) is 13.1 Å². The topological polar surface area (TPSA) is 86.8 Å². The van der Waals surface area contributed by atoms with Gasteiger partial charge in [-0.25, -0.2) is 0 Å². The Kier molecular flexibility index (Phi) is 9.69. The van der Waals surface area contributed by atoms with E-state index in [4.69, 9.17) is 0 Å². The SMILES string of the molecule is CCCCNC(=O)[C@H](Cc1ccccc1)N(Cc1ccc(C)cc1)C(=O)CCN1C(=O)[C@H]2CC=CC[C@H]2C1=O. The molecule has 0 bridgehead atoms. The first-order valence-electron chi connectivity index (χ1n) is 14.1. The highest BCUT2D eigenvalue weighted by Crippen LogP contribution is 2.35. The maximum atomic E-state index is 13.8. The predicted molar refractivity (Wildman–Crippen MR) is 150 cm³/mol. The van der Waals surface area contributed by atoms with Crippen LogP contribution in [0.4, 0.5) is 0 Å². The molecule has 0 unspecified atom stereocenters. The molecule has 1 fully saturated rings. The van der Waals surface area contributed by atoms with Crippen molar-refractivity contribution in [1.29, 1.82) is 0 Å². The van der Waals surface area contributed by atoms with Crippen LogP contribution in [-0.4, -0.2) is 52.6 Å². The average Bonchev–Trinajstić information content (AvgIpc) is 3.20. The first-order valence-corrected chi connectivity index (χ1v) is 14.1. The number of likely N-dealkylation sites (tertiary alicyclic amines) is 1. The standard InChI is InChI=1S/C32H39N3O4/c1-3-4-19-33-30(37)28(21-24-10-6-5-7-11-24)35(22-25-16-14-23(2)15-17-25)29(36)18-20-34-31(38)26-12-8-9-13-27(26)32(34)39/h5-11,14-17,26-28H,3-4,12-13,18-22H2,1-2H3,(H,33,37)/t26-,27+,28-/m0/s1. The van der Waals surface area contributed by atoms with E-state index in [1.54, 1.807) is 4.90 Å². The minimum Gasteiger partial charge on any atom is -0.354 e. The molecule has 1 aliphatic carbocycles. The monoisotopic (exact) mass is 529 g/mol. The lowest BCUT2D eigenvalue weighted by molar-refractivity contribution is -0.144. The molecular weight excluding hydrogens is 490 g/mol. The summed E-state index contributed by atoms with van der Waals surface area (Å²) in [7, 11) is 0. The van der Waals surface area contributed by atoms with E-state index in [-0.39, 0.29) is 55.0 Å². The summed E-state index contributed by atoms with van der Waals surface area (Å²) in [6.07, 6.45) is 7.19. The van der Waals surface area contributed by atoms with Crippen molar-refractivity contribution >= 4 is 23.6 Å². The lowest BCUT2D eigenvalue weighted by Gasteiger charge is -2.32. The molecule has 0 spiro atoms. The minimum absolute atomic E-state index is 0.0241. The summed E-state index contributed by atoms with van der Waals surface area (Å²) in [5, 5.41) is 3.02. The van der Waals surface area contributed by atoms with Crippen LogP contribution in [-0.2, 0) is 32.1 Å². The van der Waals surface area contributed by atoms with Crippen molar-refractivity contribution in [2.24, 2.45) is 11.8 Å². The quantitative estimate of drug-likeness (QED) is 0.254. The minimum atomic E-state index is -0.727. The fourth-order valence-electron chi connectivity index (χ4n) is 5.39. The van der Waals surface area contributed by atoms with Crippen LogP contribution in [0.2, 0.25) is 0 Å². The molecule has 7 nitrogen and oxygen atoms in total. The van der Waals surface area contributed by atoms with Crippen molar-refractivity contribution in [3.05, 3.63) is 83.4 Å². The van der Waals surface area contributed by atoms with Gasteiger partial charge in [0.2, 0.25) is 23.6 Å². The second kappa shape index (κ2) is 13.4. The number of nitrogens with zero attached hydrogens (tertiary/aromatic N) is 2. The highest BCUT2D eigenvalue weighted by molar-refractivity contribution is 6.05. The highest BCUT2D eigenvalue weighted by atomic mass is 16.2. The number of hydrogen-bond acceptors (Lipinski definition) is 4. The molecule has 3 atom stereocenters. The first-order chi connectivity index (χ1) is 18.9. The molecule has 2 aromatic carbocycles. The van der Waals surface area contributed by atoms with Gasteiger partial charge in [-0.1, -0.05) is 85.7 Å². The van der Waals surface area contributed by atoms with Crippen LogP contribution < -0.4 is 5.32 Å². The molecule has 206 valence electrons. The Morgan fingerprint density at radius 3 is 2.21 bits per heavy atom. The summed E-state index contributed by atoms with van der Waals surface area (Å²) in [5.41, 5.74) is 2.98. The molecule has 4 amide bonds. The number of allylic oxidation sites excluding steroid dienone is 2. The number of rotatable bonds is 12. The van der Waals surface area contributed by atoms with Crippen molar-refractivity contribution in [1.82, 2.24) is 15.1 Å². The lowest BCUT2D eigenvalue weighted by atomic mass is 9.85. The summed E-state index contributed by atoms with van der Waals surface area (Å²) >= 11 is 0. The molecule has 0 aromatic heterocycles. The summed E-state index contributed by atoms with van der Waals surface area (Å²) in [5.74, 6) is -1.47. The highest BCUT2D eigenvalue weighted by Gasteiger charge is 2.47. The molecule has 7 heteroatoms. The van der Waals surface area contributed by atoms with Crippen LogP contribution in [0, 0.1) is 18.8 Å². The number of hydrogen-bond donors (Lipinski definition) is 1. The van der Waals surface area contributed by atoms with Crippen LogP contribution in [0.15, 0.2) is 66.7 Å². The van der Waals surface area contributed by atoms with Gasteiger partial charge in [-0.05, 0) is 37.3 Å². The number of imide groups is 1. The smallest absolute Gasteiger partial charge is 0.243 e. The van der Waals surface area contributed by atoms with Gasteiger partial charge in [0.25, 0.3) is 0 Å². The number of carbonyl (C=O) groups excluding carboxylic acids is 4. The van der Waals surface area contributed by atoms with E-state index < -0.39 is 6.04 Å². The van der Waals surface area contributed by atoms with Crippen LogP contribution >= 0.6 is 0 Å². The fraction of sp³-hybridized carbons (Fsp3) is 0.438. The number of carbonyl (C=O) groups is 4. The fourth-order valence-corrected chi connectivity index (χ4v) is 5.39. The van der Waals surface area contributed by atoms with E-state index in [1.165, 1.54) is 4.90 Å². The molecule has 1 aliphatic heterocycles. The Morgan fingerprint density at radius 2 is 1.59 bits per heavy atom. The maximum absolute atomic E-state index is 13.8. The van der Waals surface area contributed by atoms with Gasteiger partial charge in [-0.3, -0.25) is 24.1 Å². The van der Waals surface area contributed by atoms with Crippen molar-refractivity contribution < 1.29 is 19.2 Å². The van der Waals surface area contributed by atoms with Crippen LogP contribution in [0.5, 0.6) is 0 Å². The van der Waals surface area contributed by atoms with Gasteiger partial charge in [0, 0.05) is 32.5 Å². The maximum Gasteiger partial charge on any atom is 0.243 e. The summed E-state index contributed by atoms with van der Waals surface area (Å²) < 4.78 is 0. The average molecular weight is 530 g/mol. The Bertz CT molecular complexity index is 1170. The van der Waals surface area contributed by atoms with E-state index in [2.05, 4.69) is 12.2 Å². The number of nitrogens with one attached hydrogen (secondary N) is 1. The van der Waals surface area contributed by atoms with Crippen molar-refractivity contribution in [2.45, 2.75) is 65.0 Å². The zero-order valence-electron chi connectivity index (χ0n) is 23.0. The number of unbranched alkanes of at least 4 members (excludes halogenated alkanes) is 1. The molecular formula is C32H39N3O4. The largest absolute Gasteiger partial charge is 0.354 e.